The highest BCUT2D eigenvalue weighted by Crippen LogP contribution is 2.35. The first kappa shape index (κ1) is 15.0. The number of hydrogen-bond acceptors (Lipinski definition) is 1. The SMILES string of the molecule is CCC(C)(C)CC(C)(C)CNC(C)(C)C. The van der Waals surface area contributed by atoms with Crippen molar-refractivity contribution in [3.63, 3.8) is 0 Å². The van der Waals surface area contributed by atoms with Gasteiger partial charge in [-0.15, -0.1) is 0 Å². The van der Waals surface area contributed by atoms with Crippen LogP contribution in [0.5, 0.6) is 0 Å². The van der Waals surface area contributed by atoms with E-state index in [1.807, 2.05) is 0 Å². The molecule has 0 aliphatic heterocycles. The van der Waals surface area contributed by atoms with Gasteiger partial charge in [0.05, 0.1) is 0 Å². The lowest BCUT2D eigenvalue weighted by Crippen LogP contribution is -2.43. The van der Waals surface area contributed by atoms with Crippen molar-refractivity contribution in [2.75, 3.05) is 6.54 Å². The Kier molecular flexibility index (Phi) is 4.85. The first-order valence-electron chi connectivity index (χ1n) is 6.22. The van der Waals surface area contributed by atoms with Crippen LogP contribution in [0.3, 0.4) is 0 Å². The number of rotatable bonds is 5. The fourth-order valence-corrected chi connectivity index (χ4v) is 1.99. The molecule has 0 aromatic carbocycles. The lowest BCUT2D eigenvalue weighted by molar-refractivity contribution is 0.172. The Hall–Kier alpha value is -0.0400. The van der Waals surface area contributed by atoms with E-state index < -0.39 is 0 Å². The maximum absolute atomic E-state index is 3.61. The normalized spacial score (nSPS) is 14.4. The van der Waals surface area contributed by atoms with Crippen molar-refractivity contribution in [1.29, 1.82) is 0 Å². The molecule has 0 bridgehead atoms. The highest BCUT2D eigenvalue weighted by atomic mass is 15.0. The molecule has 0 aromatic rings. The summed E-state index contributed by atoms with van der Waals surface area (Å²) in [5, 5.41) is 3.61. The van der Waals surface area contributed by atoms with Gasteiger partial charge in [0.1, 0.15) is 0 Å². The van der Waals surface area contributed by atoms with Gasteiger partial charge in [0, 0.05) is 12.1 Å². The van der Waals surface area contributed by atoms with E-state index in [9.17, 15) is 0 Å². The van der Waals surface area contributed by atoms with Gasteiger partial charge in [-0.05, 0) is 38.0 Å². The third kappa shape index (κ3) is 7.84. The predicted molar refractivity (Wildman–Crippen MR) is 70.2 cm³/mol. The second-order valence-electron chi connectivity index (χ2n) is 7.46. The van der Waals surface area contributed by atoms with Crippen LogP contribution in [0.25, 0.3) is 0 Å². The molecule has 0 fully saturated rings. The zero-order chi connectivity index (χ0) is 12.3. The topological polar surface area (TPSA) is 12.0 Å². The van der Waals surface area contributed by atoms with Crippen molar-refractivity contribution >= 4 is 0 Å². The lowest BCUT2D eigenvalue weighted by atomic mass is 9.73. The predicted octanol–water partition coefficient (Wildman–Crippen LogP) is 4.23. The van der Waals surface area contributed by atoms with Crippen molar-refractivity contribution < 1.29 is 0 Å². The quantitative estimate of drug-likeness (QED) is 0.721. The maximum atomic E-state index is 3.61. The molecule has 0 aliphatic rings. The average Bonchev–Trinajstić information content (AvgIpc) is 1.98. The third-order valence-electron chi connectivity index (χ3n) is 3.01. The van der Waals surface area contributed by atoms with Crippen molar-refractivity contribution in [2.45, 2.75) is 73.8 Å². The van der Waals surface area contributed by atoms with Crippen LogP contribution in [0.4, 0.5) is 0 Å². The smallest absolute Gasteiger partial charge is 0.00967 e. The minimum Gasteiger partial charge on any atom is -0.312 e. The minimum absolute atomic E-state index is 0.230. The molecule has 0 unspecified atom stereocenters. The molecule has 15 heavy (non-hydrogen) atoms. The van der Waals surface area contributed by atoms with Gasteiger partial charge in [0.15, 0.2) is 0 Å². The van der Waals surface area contributed by atoms with E-state index >= 15 is 0 Å². The second-order valence-corrected chi connectivity index (χ2v) is 7.46. The van der Waals surface area contributed by atoms with Gasteiger partial charge in [0.2, 0.25) is 0 Å². The van der Waals surface area contributed by atoms with E-state index in [4.69, 9.17) is 0 Å². The van der Waals surface area contributed by atoms with Gasteiger partial charge in [-0.25, -0.2) is 0 Å². The Bertz CT molecular complexity index is 184. The summed E-state index contributed by atoms with van der Waals surface area (Å²) in [5.74, 6) is 0. The molecule has 0 heterocycles. The third-order valence-corrected chi connectivity index (χ3v) is 3.01. The van der Waals surface area contributed by atoms with Crippen LogP contribution >= 0.6 is 0 Å². The van der Waals surface area contributed by atoms with Crippen LogP contribution in [0.2, 0.25) is 0 Å². The molecule has 0 atom stereocenters. The standard InChI is InChI=1S/C14H31N/c1-9-13(5,6)10-14(7,8)11-15-12(2,3)4/h15H,9-11H2,1-8H3. The van der Waals surface area contributed by atoms with E-state index in [0.29, 0.717) is 10.8 Å². The van der Waals surface area contributed by atoms with Gasteiger partial charge < -0.3 is 5.32 Å². The summed E-state index contributed by atoms with van der Waals surface area (Å²) in [4.78, 5) is 0. The van der Waals surface area contributed by atoms with E-state index in [1.54, 1.807) is 0 Å². The van der Waals surface area contributed by atoms with Gasteiger partial charge in [0.25, 0.3) is 0 Å². The molecule has 0 saturated heterocycles. The fraction of sp³-hybridized carbons (Fsp3) is 1.00. The van der Waals surface area contributed by atoms with E-state index in [0.717, 1.165) is 6.54 Å². The minimum atomic E-state index is 0.230. The summed E-state index contributed by atoms with van der Waals surface area (Å²) >= 11 is 0. The molecule has 0 radical (unpaired) electrons. The van der Waals surface area contributed by atoms with E-state index in [2.05, 4.69) is 60.7 Å². The largest absolute Gasteiger partial charge is 0.312 e. The first-order valence-corrected chi connectivity index (χ1v) is 6.22. The van der Waals surface area contributed by atoms with Crippen molar-refractivity contribution in [2.24, 2.45) is 10.8 Å². The molecular formula is C14H31N. The van der Waals surface area contributed by atoms with Crippen LogP contribution in [0.15, 0.2) is 0 Å². The average molecular weight is 213 g/mol. The van der Waals surface area contributed by atoms with Crippen LogP contribution in [0, 0.1) is 10.8 Å². The summed E-state index contributed by atoms with van der Waals surface area (Å²) in [6, 6.07) is 0. The van der Waals surface area contributed by atoms with Crippen molar-refractivity contribution in [1.82, 2.24) is 5.32 Å². The fourth-order valence-electron chi connectivity index (χ4n) is 1.99. The molecule has 0 saturated carbocycles. The molecule has 1 nitrogen and oxygen atoms in total. The summed E-state index contributed by atoms with van der Waals surface area (Å²) in [7, 11) is 0. The van der Waals surface area contributed by atoms with E-state index in [1.165, 1.54) is 12.8 Å². The van der Waals surface area contributed by atoms with Gasteiger partial charge in [-0.3, -0.25) is 0 Å². The van der Waals surface area contributed by atoms with Crippen molar-refractivity contribution in [3.05, 3.63) is 0 Å². The Morgan fingerprint density at radius 3 is 1.60 bits per heavy atom. The van der Waals surface area contributed by atoms with Gasteiger partial charge in [-0.1, -0.05) is 41.0 Å². The Labute approximate surface area is 97.0 Å². The molecule has 0 spiro atoms. The summed E-state index contributed by atoms with van der Waals surface area (Å²) in [6.07, 6.45) is 2.53. The molecule has 1 N–H and O–H groups in total. The molecule has 92 valence electrons. The van der Waals surface area contributed by atoms with Crippen LogP contribution in [0.1, 0.15) is 68.2 Å². The zero-order valence-corrected chi connectivity index (χ0v) is 12.1. The lowest BCUT2D eigenvalue weighted by Gasteiger charge is -2.36. The molecule has 0 aromatic heterocycles. The summed E-state index contributed by atoms with van der Waals surface area (Å²) in [6.45, 7) is 19.5. The monoisotopic (exact) mass is 213 g/mol. The van der Waals surface area contributed by atoms with Gasteiger partial charge in [-0.2, -0.15) is 0 Å². The van der Waals surface area contributed by atoms with Crippen molar-refractivity contribution in [3.8, 4) is 0 Å². The summed E-state index contributed by atoms with van der Waals surface area (Å²) in [5.41, 5.74) is 1.07. The number of hydrogen-bond donors (Lipinski definition) is 1. The molecule has 0 rings (SSSR count). The molecule has 0 aliphatic carbocycles. The Morgan fingerprint density at radius 2 is 1.27 bits per heavy atom. The second kappa shape index (κ2) is 4.86. The number of nitrogens with one attached hydrogen (secondary N) is 1. The summed E-state index contributed by atoms with van der Waals surface area (Å²) < 4.78 is 0. The van der Waals surface area contributed by atoms with Crippen LogP contribution in [-0.2, 0) is 0 Å². The van der Waals surface area contributed by atoms with E-state index in [-0.39, 0.29) is 5.54 Å². The molecular weight excluding hydrogens is 182 g/mol. The highest BCUT2D eigenvalue weighted by Gasteiger charge is 2.28. The highest BCUT2D eigenvalue weighted by molar-refractivity contribution is 4.83. The molecule has 0 amide bonds. The van der Waals surface area contributed by atoms with Crippen LogP contribution in [-0.4, -0.2) is 12.1 Å². The van der Waals surface area contributed by atoms with Crippen LogP contribution < -0.4 is 5.32 Å². The maximum Gasteiger partial charge on any atom is 0.00967 e. The Morgan fingerprint density at radius 1 is 0.800 bits per heavy atom. The first-order chi connectivity index (χ1) is 6.47. The van der Waals surface area contributed by atoms with Gasteiger partial charge >= 0.3 is 0 Å². The zero-order valence-electron chi connectivity index (χ0n) is 12.1. The Balaban J connectivity index is 4.19. The molecule has 1 heteroatoms.